The van der Waals surface area contributed by atoms with Crippen LogP contribution in [0.15, 0.2) is 12.1 Å². The lowest BCUT2D eigenvalue weighted by Crippen LogP contribution is -2.26. The van der Waals surface area contributed by atoms with E-state index in [2.05, 4.69) is 13.8 Å². The average Bonchev–Trinajstić information content (AvgIpc) is 2.07. The number of rotatable bonds is 2. The third kappa shape index (κ3) is 2.11. The first kappa shape index (κ1) is 11.1. The molecule has 0 heterocycles. The van der Waals surface area contributed by atoms with Crippen molar-refractivity contribution in [3.63, 3.8) is 0 Å². The van der Waals surface area contributed by atoms with Crippen LogP contribution < -0.4 is 16.6 Å². The van der Waals surface area contributed by atoms with Gasteiger partial charge in [0.1, 0.15) is 0 Å². The predicted octanol–water partition coefficient (Wildman–Crippen LogP) is 2.36. The topological polar surface area (TPSA) is 55.3 Å². The first-order valence-corrected chi connectivity index (χ1v) is 4.88. The largest absolute Gasteiger partial charge is 0.397 e. The van der Waals surface area contributed by atoms with Crippen LogP contribution in [-0.4, -0.2) is 7.05 Å². The van der Waals surface area contributed by atoms with Gasteiger partial charge in [-0.25, -0.2) is 5.84 Å². The third-order valence-electron chi connectivity index (χ3n) is 2.15. The normalized spacial score (nSPS) is 10.7. The van der Waals surface area contributed by atoms with Crippen molar-refractivity contribution in [2.24, 2.45) is 5.84 Å². The van der Waals surface area contributed by atoms with E-state index >= 15 is 0 Å². The fourth-order valence-electron chi connectivity index (χ4n) is 1.35. The molecular formula is C10H16ClN3. The van der Waals surface area contributed by atoms with Gasteiger partial charge < -0.3 is 10.7 Å². The van der Waals surface area contributed by atoms with Gasteiger partial charge in [0.15, 0.2) is 0 Å². The van der Waals surface area contributed by atoms with Gasteiger partial charge in [-0.2, -0.15) is 0 Å². The van der Waals surface area contributed by atoms with E-state index < -0.39 is 0 Å². The van der Waals surface area contributed by atoms with Gasteiger partial charge in [0.2, 0.25) is 0 Å². The summed E-state index contributed by atoms with van der Waals surface area (Å²) in [6.45, 7) is 4.15. The van der Waals surface area contributed by atoms with Gasteiger partial charge in [0.05, 0.1) is 11.4 Å². The summed E-state index contributed by atoms with van der Waals surface area (Å²) in [7, 11) is 1.73. The maximum absolute atomic E-state index is 6.10. The van der Waals surface area contributed by atoms with Crippen LogP contribution in [0.5, 0.6) is 0 Å². The molecule has 0 saturated carbocycles. The van der Waals surface area contributed by atoms with E-state index in [0.29, 0.717) is 16.6 Å². The zero-order chi connectivity index (χ0) is 10.9. The van der Waals surface area contributed by atoms with Crippen LogP contribution in [0, 0.1) is 0 Å². The SMILES string of the molecule is CC(C)c1cc(N)c(N(C)N)cc1Cl. The number of nitrogens with two attached hydrogens (primary N) is 2. The molecule has 0 unspecified atom stereocenters. The molecule has 1 rings (SSSR count). The van der Waals surface area contributed by atoms with Crippen molar-refractivity contribution < 1.29 is 0 Å². The highest BCUT2D eigenvalue weighted by atomic mass is 35.5. The van der Waals surface area contributed by atoms with Gasteiger partial charge in [-0.1, -0.05) is 25.4 Å². The number of hydrogen-bond donors (Lipinski definition) is 2. The molecule has 0 saturated heterocycles. The minimum absolute atomic E-state index is 0.363. The molecule has 0 radical (unpaired) electrons. The predicted molar refractivity (Wildman–Crippen MR) is 62.5 cm³/mol. The number of nitrogens with zero attached hydrogens (tertiary/aromatic N) is 1. The Labute approximate surface area is 89.6 Å². The molecule has 0 spiro atoms. The van der Waals surface area contributed by atoms with Gasteiger partial charge in [-0.3, -0.25) is 0 Å². The molecule has 0 aliphatic carbocycles. The average molecular weight is 214 g/mol. The Balaban J connectivity index is 3.24. The summed E-state index contributed by atoms with van der Waals surface area (Å²) < 4.78 is 0. The molecule has 3 nitrogen and oxygen atoms in total. The van der Waals surface area contributed by atoms with Crippen LogP contribution in [-0.2, 0) is 0 Å². The Hall–Kier alpha value is -0.930. The zero-order valence-corrected chi connectivity index (χ0v) is 9.47. The Morgan fingerprint density at radius 2 is 1.93 bits per heavy atom. The van der Waals surface area contributed by atoms with Gasteiger partial charge in [0.25, 0.3) is 0 Å². The molecule has 0 amide bonds. The first-order valence-electron chi connectivity index (χ1n) is 4.50. The van der Waals surface area contributed by atoms with Crippen LogP contribution in [0.1, 0.15) is 25.3 Å². The van der Waals surface area contributed by atoms with Crippen LogP contribution in [0.25, 0.3) is 0 Å². The van der Waals surface area contributed by atoms with Crippen LogP contribution in [0.2, 0.25) is 5.02 Å². The molecular weight excluding hydrogens is 198 g/mol. The molecule has 4 heteroatoms. The van der Waals surface area contributed by atoms with Crippen molar-refractivity contribution in [3.05, 3.63) is 22.7 Å². The maximum atomic E-state index is 6.10. The lowest BCUT2D eigenvalue weighted by molar-refractivity contribution is 0.866. The van der Waals surface area contributed by atoms with E-state index in [1.807, 2.05) is 6.07 Å². The van der Waals surface area contributed by atoms with E-state index in [9.17, 15) is 0 Å². The Morgan fingerprint density at radius 3 is 2.36 bits per heavy atom. The van der Waals surface area contributed by atoms with E-state index in [-0.39, 0.29) is 0 Å². The minimum atomic E-state index is 0.363. The highest BCUT2D eigenvalue weighted by Crippen LogP contribution is 2.32. The van der Waals surface area contributed by atoms with E-state index in [1.54, 1.807) is 13.1 Å². The third-order valence-corrected chi connectivity index (χ3v) is 2.48. The summed E-state index contributed by atoms with van der Waals surface area (Å²) in [6, 6.07) is 3.68. The summed E-state index contributed by atoms with van der Waals surface area (Å²) in [6.07, 6.45) is 0. The maximum Gasteiger partial charge on any atom is 0.0758 e. The van der Waals surface area contributed by atoms with Crippen molar-refractivity contribution in [1.82, 2.24) is 0 Å². The first-order chi connectivity index (χ1) is 6.43. The van der Waals surface area contributed by atoms with Crippen LogP contribution >= 0.6 is 11.6 Å². The summed E-state index contributed by atoms with van der Waals surface area (Å²) in [5, 5.41) is 2.17. The van der Waals surface area contributed by atoms with Crippen molar-refractivity contribution in [2.45, 2.75) is 19.8 Å². The molecule has 1 aromatic rings. The quantitative estimate of drug-likeness (QED) is 0.451. The second-order valence-electron chi connectivity index (χ2n) is 3.70. The van der Waals surface area contributed by atoms with E-state index in [4.69, 9.17) is 23.2 Å². The highest BCUT2D eigenvalue weighted by Gasteiger charge is 2.10. The van der Waals surface area contributed by atoms with Crippen molar-refractivity contribution >= 4 is 23.0 Å². The van der Waals surface area contributed by atoms with Gasteiger partial charge in [-0.15, -0.1) is 0 Å². The summed E-state index contributed by atoms with van der Waals surface area (Å²) in [5.74, 6) is 5.97. The van der Waals surface area contributed by atoms with Crippen LogP contribution in [0.4, 0.5) is 11.4 Å². The fourth-order valence-corrected chi connectivity index (χ4v) is 1.72. The standard InChI is InChI=1S/C10H16ClN3/c1-6(2)7-4-9(12)10(14(3)13)5-8(7)11/h4-6H,12-13H2,1-3H3. The van der Waals surface area contributed by atoms with Gasteiger partial charge in [0, 0.05) is 12.1 Å². The Kier molecular flexibility index (Phi) is 3.24. The summed E-state index contributed by atoms with van der Waals surface area (Å²) in [5.41, 5.74) is 8.30. The van der Waals surface area contributed by atoms with Crippen molar-refractivity contribution in [3.8, 4) is 0 Å². The molecule has 0 aliphatic rings. The van der Waals surface area contributed by atoms with Crippen molar-refractivity contribution in [2.75, 3.05) is 17.8 Å². The number of hydrogen-bond acceptors (Lipinski definition) is 3. The second-order valence-corrected chi connectivity index (χ2v) is 4.11. The molecule has 0 fully saturated rings. The number of hydrazine groups is 1. The number of halogens is 1. The number of benzene rings is 1. The summed E-state index contributed by atoms with van der Waals surface area (Å²) >= 11 is 6.10. The molecule has 0 aromatic heterocycles. The number of nitrogen functional groups attached to an aromatic ring is 1. The van der Waals surface area contributed by atoms with Gasteiger partial charge >= 0.3 is 0 Å². The molecule has 0 atom stereocenters. The molecule has 0 aliphatic heterocycles. The van der Waals surface area contributed by atoms with E-state index in [0.717, 1.165) is 11.3 Å². The molecule has 78 valence electrons. The van der Waals surface area contributed by atoms with E-state index in [1.165, 1.54) is 5.01 Å². The Bertz CT molecular complexity index is 301. The molecule has 1 aromatic carbocycles. The smallest absolute Gasteiger partial charge is 0.0758 e. The second kappa shape index (κ2) is 4.07. The zero-order valence-electron chi connectivity index (χ0n) is 8.71. The van der Waals surface area contributed by atoms with Gasteiger partial charge in [-0.05, 0) is 23.6 Å². The minimum Gasteiger partial charge on any atom is -0.397 e. The highest BCUT2D eigenvalue weighted by molar-refractivity contribution is 6.31. The van der Waals surface area contributed by atoms with Crippen molar-refractivity contribution in [1.29, 1.82) is 0 Å². The fraction of sp³-hybridized carbons (Fsp3) is 0.400. The molecule has 0 bridgehead atoms. The van der Waals surface area contributed by atoms with Crippen LogP contribution in [0.3, 0.4) is 0 Å². The monoisotopic (exact) mass is 213 g/mol. The Morgan fingerprint density at radius 1 is 1.36 bits per heavy atom. The molecule has 14 heavy (non-hydrogen) atoms. The lowest BCUT2D eigenvalue weighted by atomic mass is 10.0. The lowest BCUT2D eigenvalue weighted by Gasteiger charge is -2.18. The molecule has 4 N–H and O–H groups in total. The number of anilines is 2. The summed E-state index contributed by atoms with van der Waals surface area (Å²) in [4.78, 5) is 0.